The van der Waals surface area contributed by atoms with Gasteiger partial charge in [-0.05, 0) is 49.9 Å². The molecule has 4 nitrogen and oxygen atoms in total. The molecule has 1 aliphatic rings. The van der Waals surface area contributed by atoms with E-state index in [1.165, 1.54) is 0 Å². The largest absolute Gasteiger partial charge is 0.493 e. The Kier molecular flexibility index (Phi) is 4.94. The number of rotatable bonds is 5. The van der Waals surface area contributed by atoms with Crippen LogP contribution in [0.15, 0.2) is 18.2 Å². The summed E-state index contributed by atoms with van der Waals surface area (Å²) < 4.78 is 29.0. The maximum Gasteiger partial charge on any atom is 0.209 e. The second-order valence-electron chi connectivity index (χ2n) is 6.48. The highest BCUT2D eigenvalue weighted by Gasteiger charge is 2.36. The number of ether oxygens (including phenoxy) is 1. The van der Waals surface area contributed by atoms with Crippen molar-refractivity contribution in [1.82, 2.24) is 0 Å². The summed E-state index contributed by atoms with van der Waals surface area (Å²) in [6.45, 7) is 4.48. The molecule has 0 bridgehead atoms. The smallest absolute Gasteiger partial charge is 0.209 e. The number of nitrogens with two attached hydrogens (primary N) is 1. The van der Waals surface area contributed by atoms with Crippen LogP contribution in [-0.4, -0.2) is 20.8 Å². The topological polar surface area (TPSA) is 69.4 Å². The summed E-state index contributed by atoms with van der Waals surface area (Å²) >= 11 is 0. The fraction of sp³-hybridized carbons (Fsp3) is 0.625. The first-order valence-electron chi connectivity index (χ1n) is 7.50. The summed E-state index contributed by atoms with van der Waals surface area (Å²) in [6.07, 6.45) is 5.00. The molecular weight excluding hydrogens is 286 g/mol. The number of sulfonamides is 1. The molecule has 1 aromatic carbocycles. The van der Waals surface area contributed by atoms with E-state index in [1.54, 1.807) is 0 Å². The zero-order valence-electron chi connectivity index (χ0n) is 12.9. The van der Waals surface area contributed by atoms with Gasteiger partial charge in [0.25, 0.3) is 0 Å². The number of hydrogen-bond donors (Lipinski definition) is 1. The lowest BCUT2D eigenvalue weighted by molar-refractivity contribution is 0.118. The van der Waals surface area contributed by atoms with E-state index >= 15 is 0 Å². The van der Waals surface area contributed by atoms with Gasteiger partial charge in [0.05, 0.1) is 12.4 Å². The van der Waals surface area contributed by atoms with Crippen molar-refractivity contribution < 1.29 is 13.2 Å². The first-order valence-corrected chi connectivity index (χ1v) is 9.21. The van der Waals surface area contributed by atoms with Crippen molar-refractivity contribution in [2.75, 3.05) is 12.4 Å². The van der Waals surface area contributed by atoms with E-state index in [4.69, 9.17) is 9.88 Å². The normalized spacial score (nSPS) is 18.4. The maximum absolute atomic E-state index is 11.5. The van der Waals surface area contributed by atoms with Gasteiger partial charge in [-0.15, -0.1) is 0 Å². The first kappa shape index (κ1) is 16.3. The fourth-order valence-corrected chi connectivity index (χ4v) is 4.54. The van der Waals surface area contributed by atoms with E-state index in [0.717, 1.165) is 49.0 Å². The van der Waals surface area contributed by atoms with Gasteiger partial charge in [-0.2, -0.15) is 0 Å². The van der Waals surface area contributed by atoms with Crippen LogP contribution in [0, 0.1) is 19.3 Å². The van der Waals surface area contributed by atoms with Crippen LogP contribution in [0.5, 0.6) is 5.75 Å². The standard InChI is InChI=1S/C16H25NO3S/c1-13-8-14(2)10-15(9-13)20-11-16(12-21(17,18)19)6-4-3-5-7-16/h8-10H,3-7,11-12H2,1-2H3,(H2,17,18,19). The van der Waals surface area contributed by atoms with Crippen molar-refractivity contribution in [2.24, 2.45) is 10.6 Å². The Hall–Kier alpha value is -1.07. The van der Waals surface area contributed by atoms with Crippen LogP contribution in [-0.2, 0) is 10.0 Å². The van der Waals surface area contributed by atoms with Gasteiger partial charge < -0.3 is 4.74 Å². The van der Waals surface area contributed by atoms with Gasteiger partial charge in [0.15, 0.2) is 0 Å². The third-order valence-electron chi connectivity index (χ3n) is 4.16. The van der Waals surface area contributed by atoms with Gasteiger partial charge in [0.2, 0.25) is 10.0 Å². The zero-order chi connectivity index (χ0) is 15.5. The van der Waals surface area contributed by atoms with Crippen LogP contribution in [0.3, 0.4) is 0 Å². The van der Waals surface area contributed by atoms with E-state index in [0.29, 0.717) is 6.61 Å². The Morgan fingerprint density at radius 2 is 1.67 bits per heavy atom. The molecule has 2 rings (SSSR count). The van der Waals surface area contributed by atoms with Gasteiger partial charge in [-0.25, -0.2) is 13.6 Å². The van der Waals surface area contributed by atoms with Gasteiger partial charge in [0.1, 0.15) is 5.75 Å². The third kappa shape index (κ3) is 5.00. The molecule has 0 aromatic heterocycles. The van der Waals surface area contributed by atoms with Crippen LogP contribution in [0.4, 0.5) is 0 Å². The quantitative estimate of drug-likeness (QED) is 0.909. The van der Waals surface area contributed by atoms with E-state index in [-0.39, 0.29) is 11.2 Å². The van der Waals surface area contributed by atoms with Crippen molar-refractivity contribution in [2.45, 2.75) is 46.0 Å². The van der Waals surface area contributed by atoms with Crippen molar-refractivity contribution in [3.05, 3.63) is 29.3 Å². The molecule has 0 unspecified atom stereocenters. The third-order valence-corrected chi connectivity index (χ3v) is 5.18. The lowest BCUT2D eigenvalue weighted by atomic mass is 9.76. The molecular formula is C16H25NO3S. The highest BCUT2D eigenvalue weighted by atomic mass is 32.2. The van der Waals surface area contributed by atoms with Gasteiger partial charge in [0, 0.05) is 5.41 Å². The summed E-state index contributed by atoms with van der Waals surface area (Å²) in [6, 6.07) is 6.06. The van der Waals surface area contributed by atoms with Crippen LogP contribution in [0.2, 0.25) is 0 Å². The van der Waals surface area contributed by atoms with Crippen LogP contribution >= 0.6 is 0 Å². The van der Waals surface area contributed by atoms with E-state index in [2.05, 4.69) is 6.07 Å². The molecule has 0 aliphatic heterocycles. The molecule has 0 radical (unpaired) electrons. The monoisotopic (exact) mass is 311 g/mol. The molecule has 1 aliphatic carbocycles. The average Bonchev–Trinajstić information content (AvgIpc) is 2.34. The Labute approximate surface area is 127 Å². The molecule has 21 heavy (non-hydrogen) atoms. The fourth-order valence-electron chi connectivity index (χ4n) is 3.31. The Balaban J connectivity index is 2.11. The predicted octanol–water partition coefficient (Wildman–Crippen LogP) is 2.92. The van der Waals surface area contributed by atoms with Crippen molar-refractivity contribution >= 4 is 10.0 Å². The van der Waals surface area contributed by atoms with Gasteiger partial charge in [-0.3, -0.25) is 0 Å². The van der Waals surface area contributed by atoms with Crippen molar-refractivity contribution in [3.8, 4) is 5.75 Å². The molecule has 1 aromatic rings. The summed E-state index contributed by atoms with van der Waals surface area (Å²) in [5.41, 5.74) is 1.96. The number of aryl methyl sites for hydroxylation is 2. The highest BCUT2D eigenvalue weighted by Crippen LogP contribution is 2.38. The molecule has 2 N–H and O–H groups in total. The molecule has 0 atom stereocenters. The SMILES string of the molecule is Cc1cc(C)cc(OCC2(CS(N)(=O)=O)CCCCC2)c1. The summed E-state index contributed by atoms with van der Waals surface area (Å²) in [5.74, 6) is 0.831. The predicted molar refractivity (Wildman–Crippen MR) is 84.9 cm³/mol. The molecule has 0 saturated heterocycles. The molecule has 118 valence electrons. The summed E-state index contributed by atoms with van der Waals surface area (Å²) in [7, 11) is -3.48. The van der Waals surface area contributed by atoms with Crippen LogP contribution < -0.4 is 9.88 Å². The molecule has 5 heteroatoms. The van der Waals surface area contributed by atoms with Crippen LogP contribution in [0.25, 0.3) is 0 Å². The van der Waals surface area contributed by atoms with Crippen molar-refractivity contribution in [1.29, 1.82) is 0 Å². The second kappa shape index (κ2) is 6.36. The second-order valence-corrected chi connectivity index (χ2v) is 8.09. The number of primary sulfonamides is 1. The van der Waals surface area contributed by atoms with Gasteiger partial charge in [-0.1, -0.05) is 25.3 Å². The highest BCUT2D eigenvalue weighted by molar-refractivity contribution is 7.89. The lowest BCUT2D eigenvalue weighted by Gasteiger charge is -2.36. The van der Waals surface area contributed by atoms with E-state index in [1.807, 2.05) is 26.0 Å². The van der Waals surface area contributed by atoms with Gasteiger partial charge >= 0.3 is 0 Å². The molecule has 0 amide bonds. The maximum atomic E-state index is 11.5. The molecule has 0 spiro atoms. The Morgan fingerprint density at radius 3 is 2.19 bits per heavy atom. The summed E-state index contributed by atoms with van der Waals surface area (Å²) in [5, 5.41) is 5.29. The molecule has 1 saturated carbocycles. The average molecular weight is 311 g/mol. The Morgan fingerprint density at radius 1 is 1.10 bits per heavy atom. The van der Waals surface area contributed by atoms with E-state index < -0.39 is 10.0 Å². The first-order chi connectivity index (χ1) is 9.78. The Bertz CT molecular complexity index is 569. The number of hydrogen-bond acceptors (Lipinski definition) is 3. The molecule has 0 heterocycles. The van der Waals surface area contributed by atoms with Crippen LogP contribution in [0.1, 0.15) is 43.2 Å². The van der Waals surface area contributed by atoms with Crippen molar-refractivity contribution in [3.63, 3.8) is 0 Å². The minimum absolute atomic E-state index is 0.0186. The molecule has 1 fully saturated rings. The lowest BCUT2D eigenvalue weighted by Crippen LogP contribution is -2.40. The zero-order valence-corrected chi connectivity index (χ0v) is 13.7. The minimum Gasteiger partial charge on any atom is -0.493 e. The number of benzene rings is 1. The van der Waals surface area contributed by atoms with E-state index in [9.17, 15) is 8.42 Å². The summed E-state index contributed by atoms with van der Waals surface area (Å²) in [4.78, 5) is 0. The minimum atomic E-state index is -3.48.